The van der Waals surface area contributed by atoms with E-state index in [0.717, 1.165) is 0 Å². The fourth-order valence-corrected chi connectivity index (χ4v) is 1.87. The number of hydrogen-bond acceptors (Lipinski definition) is 4. The predicted octanol–water partition coefficient (Wildman–Crippen LogP) is -1.30. The van der Waals surface area contributed by atoms with Crippen LogP contribution in [0.25, 0.3) is 0 Å². The van der Waals surface area contributed by atoms with Crippen LogP contribution in [0.15, 0.2) is 48.5 Å². The van der Waals surface area contributed by atoms with E-state index >= 15 is 0 Å². The summed E-state index contributed by atoms with van der Waals surface area (Å²) in [6.45, 7) is -0.530. The summed E-state index contributed by atoms with van der Waals surface area (Å²) < 4.78 is 4.93. The molecule has 2 aromatic rings. The van der Waals surface area contributed by atoms with Crippen molar-refractivity contribution in [1.82, 2.24) is 0 Å². The van der Waals surface area contributed by atoms with Gasteiger partial charge in [0.05, 0.1) is 11.0 Å². The molecule has 0 saturated heterocycles. The van der Waals surface area contributed by atoms with Crippen molar-refractivity contribution < 1.29 is 49.0 Å². The minimum atomic E-state index is -1.30. The van der Waals surface area contributed by atoms with Gasteiger partial charge in [0.25, 0.3) is 0 Å². The Morgan fingerprint density at radius 2 is 1.67 bits per heavy atom. The SMILES string of the molecule is O=C([O-])COc1ccc(C(=O)c2ccccc2Cl)cc1.[Na+]. The Labute approximate surface area is 149 Å². The van der Waals surface area contributed by atoms with E-state index in [9.17, 15) is 14.7 Å². The van der Waals surface area contributed by atoms with Crippen molar-refractivity contribution in [2.45, 2.75) is 0 Å². The van der Waals surface area contributed by atoms with E-state index in [4.69, 9.17) is 16.3 Å². The van der Waals surface area contributed by atoms with Crippen LogP contribution in [0.5, 0.6) is 5.75 Å². The minimum Gasteiger partial charge on any atom is -0.546 e. The van der Waals surface area contributed by atoms with Crippen LogP contribution >= 0.6 is 11.6 Å². The molecule has 102 valence electrons. The summed E-state index contributed by atoms with van der Waals surface area (Å²) in [4.78, 5) is 22.5. The van der Waals surface area contributed by atoms with Crippen LogP contribution in [-0.4, -0.2) is 18.4 Å². The largest absolute Gasteiger partial charge is 1.00 e. The van der Waals surface area contributed by atoms with Crippen molar-refractivity contribution in [3.8, 4) is 5.75 Å². The number of rotatable bonds is 5. The molecule has 2 rings (SSSR count). The van der Waals surface area contributed by atoms with Gasteiger partial charge in [0, 0.05) is 11.1 Å². The number of carboxylic acid groups (broad SMARTS) is 1. The molecule has 0 unspecified atom stereocenters. The first-order valence-corrected chi connectivity index (χ1v) is 6.17. The van der Waals surface area contributed by atoms with Gasteiger partial charge < -0.3 is 14.6 Å². The smallest absolute Gasteiger partial charge is 0.546 e. The zero-order valence-electron chi connectivity index (χ0n) is 11.3. The van der Waals surface area contributed by atoms with Gasteiger partial charge in [-0.2, -0.15) is 0 Å². The molecule has 0 bridgehead atoms. The van der Waals surface area contributed by atoms with Gasteiger partial charge in [0.2, 0.25) is 0 Å². The fraction of sp³-hybridized carbons (Fsp3) is 0.0667. The molecule has 2 aromatic carbocycles. The molecule has 0 fully saturated rings. The van der Waals surface area contributed by atoms with E-state index in [1.54, 1.807) is 36.4 Å². The second kappa shape index (κ2) is 8.20. The van der Waals surface area contributed by atoms with Gasteiger partial charge in [-0.15, -0.1) is 0 Å². The second-order valence-corrected chi connectivity index (χ2v) is 4.40. The van der Waals surface area contributed by atoms with Crippen molar-refractivity contribution in [2.24, 2.45) is 0 Å². The number of carbonyl (C=O) groups excluding carboxylic acids is 2. The Morgan fingerprint density at radius 3 is 2.24 bits per heavy atom. The number of carbonyl (C=O) groups is 2. The maximum atomic E-state index is 12.2. The number of carboxylic acids is 1. The molecular formula is C15H10ClNaO4. The Kier molecular flexibility index (Phi) is 6.92. The minimum absolute atomic E-state index is 0. The van der Waals surface area contributed by atoms with Crippen molar-refractivity contribution in [2.75, 3.05) is 6.61 Å². The molecule has 0 aliphatic carbocycles. The van der Waals surface area contributed by atoms with Gasteiger partial charge in [0.15, 0.2) is 5.78 Å². The second-order valence-electron chi connectivity index (χ2n) is 3.99. The average molecular weight is 313 g/mol. The molecule has 0 aliphatic heterocycles. The summed E-state index contributed by atoms with van der Waals surface area (Å²) in [5.41, 5.74) is 0.858. The van der Waals surface area contributed by atoms with Gasteiger partial charge in [-0.3, -0.25) is 4.79 Å². The number of ketones is 1. The summed E-state index contributed by atoms with van der Waals surface area (Å²) in [5, 5.41) is 10.6. The molecule has 4 nitrogen and oxygen atoms in total. The molecule has 0 amide bonds. The van der Waals surface area contributed by atoms with E-state index in [0.29, 0.717) is 21.9 Å². The van der Waals surface area contributed by atoms with Crippen LogP contribution in [0.2, 0.25) is 5.02 Å². The molecular weight excluding hydrogens is 303 g/mol. The summed E-state index contributed by atoms with van der Waals surface area (Å²) >= 11 is 5.97. The van der Waals surface area contributed by atoms with E-state index < -0.39 is 12.6 Å². The van der Waals surface area contributed by atoms with E-state index in [2.05, 4.69) is 0 Å². The van der Waals surface area contributed by atoms with Crippen LogP contribution in [-0.2, 0) is 4.79 Å². The zero-order chi connectivity index (χ0) is 14.5. The summed E-state index contributed by atoms with van der Waals surface area (Å²) in [7, 11) is 0. The van der Waals surface area contributed by atoms with Crippen molar-refractivity contribution >= 4 is 23.4 Å². The number of ether oxygens (including phenoxy) is 1. The van der Waals surface area contributed by atoms with E-state index in [1.165, 1.54) is 12.1 Å². The Bertz CT molecular complexity index is 640. The summed E-state index contributed by atoms with van der Waals surface area (Å²) in [5.74, 6) is -1.16. The average Bonchev–Trinajstić information content (AvgIpc) is 2.45. The molecule has 0 radical (unpaired) electrons. The van der Waals surface area contributed by atoms with Gasteiger partial charge >= 0.3 is 29.6 Å². The molecule has 0 N–H and O–H groups in total. The molecule has 0 aliphatic rings. The molecule has 0 atom stereocenters. The van der Waals surface area contributed by atoms with Gasteiger partial charge in [0.1, 0.15) is 12.4 Å². The first-order chi connectivity index (χ1) is 9.58. The van der Waals surface area contributed by atoms with Crippen LogP contribution < -0.4 is 39.4 Å². The van der Waals surface area contributed by atoms with Crippen LogP contribution in [0.4, 0.5) is 0 Å². The fourth-order valence-electron chi connectivity index (χ4n) is 1.65. The monoisotopic (exact) mass is 312 g/mol. The topological polar surface area (TPSA) is 66.4 Å². The molecule has 0 heterocycles. The third kappa shape index (κ3) is 4.86. The van der Waals surface area contributed by atoms with Gasteiger partial charge in [-0.1, -0.05) is 23.7 Å². The summed E-state index contributed by atoms with van der Waals surface area (Å²) in [6.07, 6.45) is 0. The number of hydrogen-bond donors (Lipinski definition) is 0. The van der Waals surface area contributed by atoms with Gasteiger partial charge in [-0.05, 0) is 36.4 Å². The predicted molar refractivity (Wildman–Crippen MR) is 71.8 cm³/mol. The maximum absolute atomic E-state index is 12.2. The van der Waals surface area contributed by atoms with E-state index in [-0.39, 0.29) is 35.3 Å². The quantitative estimate of drug-likeness (QED) is 0.509. The normalized spacial score (nSPS) is 9.57. The van der Waals surface area contributed by atoms with Gasteiger partial charge in [-0.25, -0.2) is 0 Å². The number of aliphatic carboxylic acids is 1. The maximum Gasteiger partial charge on any atom is 1.00 e. The number of benzene rings is 2. The molecule has 0 spiro atoms. The van der Waals surface area contributed by atoms with Crippen molar-refractivity contribution in [3.63, 3.8) is 0 Å². The molecule has 0 saturated carbocycles. The Morgan fingerprint density at radius 1 is 1.05 bits per heavy atom. The first kappa shape index (κ1) is 17.7. The summed E-state index contributed by atoms with van der Waals surface area (Å²) in [6, 6.07) is 12.9. The third-order valence-corrected chi connectivity index (χ3v) is 2.92. The molecule has 21 heavy (non-hydrogen) atoms. The number of halogens is 1. The van der Waals surface area contributed by atoms with Crippen LogP contribution in [0.3, 0.4) is 0 Å². The first-order valence-electron chi connectivity index (χ1n) is 5.80. The van der Waals surface area contributed by atoms with E-state index in [1.807, 2.05) is 0 Å². The molecule has 6 heteroatoms. The van der Waals surface area contributed by atoms with Crippen molar-refractivity contribution in [1.29, 1.82) is 0 Å². The standard InChI is InChI=1S/C15H11ClO4.Na/c16-13-4-2-1-3-12(13)15(19)10-5-7-11(8-6-10)20-9-14(17)18;/h1-8H,9H2,(H,17,18);/q;+1/p-1. The third-order valence-electron chi connectivity index (χ3n) is 2.59. The zero-order valence-corrected chi connectivity index (χ0v) is 14.1. The van der Waals surface area contributed by atoms with Crippen LogP contribution in [0, 0.1) is 0 Å². The Balaban J connectivity index is 0.00000220. The van der Waals surface area contributed by atoms with Crippen LogP contribution in [0.1, 0.15) is 15.9 Å². The Hall–Kier alpha value is -1.33. The molecule has 0 aromatic heterocycles. The van der Waals surface area contributed by atoms with Crippen molar-refractivity contribution in [3.05, 3.63) is 64.7 Å².